The predicted octanol–water partition coefficient (Wildman–Crippen LogP) is -0.312. The monoisotopic (exact) mass is 114 g/mol. The molecule has 3 N–H and O–H groups in total. The molecule has 0 aromatic carbocycles. The van der Waals surface area contributed by atoms with Crippen molar-refractivity contribution in [3.8, 4) is 0 Å². The third kappa shape index (κ3) is 2.30. The zero-order chi connectivity index (χ0) is 6.41. The molecule has 0 aliphatic rings. The highest BCUT2D eigenvalue weighted by Gasteiger charge is 1.76. The van der Waals surface area contributed by atoms with E-state index < -0.39 is 0 Å². The minimum Gasteiger partial charge on any atom is -0.333 e. The number of rotatable bonds is 0. The molecule has 0 spiro atoms. The average Bonchev–Trinajstić information content (AvgIpc) is 2.24. The molecule has 46 valence electrons. The quantitative estimate of drug-likeness (QED) is 0.486. The number of hydrogen-bond donors (Lipinski definition) is 2. The van der Waals surface area contributed by atoms with Crippen molar-refractivity contribution in [3.63, 3.8) is 0 Å². The largest absolute Gasteiger partial charge is 0.333 e. The van der Waals surface area contributed by atoms with Gasteiger partial charge in [-0.1, -0.05) is 0 Å². The molecule has 0 fully saturated rings. The fourth-order valence-corrected chi connectivity index (χ4v) is 0.259. The number of aryl methyl sites for hydroxylation is 1. The van der Waals surface area contributed by atoms with Gasteiger partial charge in [0.15, 0.2) is 0 Å². The summed E-state index contributed by atoms with van der Waals surface area (Å²) in [6, 6.07) is 0. The Labute approximate surface area is 48.1 Å². The maximum atomic E-state index is 4.50. The number of nitrogens with zero attached hydrogens (tertiary/aromatic N) is 2. The maximum Gasteiger partial charge on any atom is 0.0793 e. The standard InChI is InChI=1S/C3H5N3.CH5N/c1-3-2-4-6-5-3;1-2/h2H,1H3,(H,4,5,6);2H2,1H3. The third-order valence-electron chi connectivity index (χ3n) is 0.535. The van der Waals surface area contributed by atoms with Crippen molar-refractivity contribution in [2.45, 2.75) is 6.92 Å². The number of aromatic amines is 1. The van der Waals surface area contributed by atoms with Gasteiger partial charge in [0.05, 0.1) is 11.9 Å². The van der Waals surface area contributed by atoms with Gasteiger partial charge in [-0.3, -0.25) is 0 Å². The molecule has 0 radical (unpaired) electrons. The van der Waals surface area contributed by atoms with Crippen LogP contribution in [0.15, 0.2) is 6.20 Å². The van der Waals surface area contributed by atoms with E-state index in [9.17, 15) is 0 Å². The van der Waals surface area contributed by atoms with E-state index in [0.717, 1.165) is 5.69 Å². The fraction of sp³-hybridized carbons (Fsp3) is 0.500. The Morgan fingerprint density at radius 3 is 2.38 bits per heavy atom. The second-order valence-electron chi connectivity index (χ2n) is 1.11. The Morgan fingerprint density at radius 1 is 1.62 bits per heavy atom. The zero-order valence-corrected chi connectivity index (χ0v) is 5.05. The Balaban J connectivity index is 0.000000222. The van der Waals surface area contributed by atoms with E-state index in [0.29, 0.717) is 0 Å². The van der Waals surface area contributed by atoms with Gasteiger partial charge in [0.2, 0.25) is 0 Å². The Hall–Kier alpha value is -0.900. The summed E-state index contributed by atoms with van der Waals surface area (Å²) >= 11 is 0. The first-order valence-corrected chi connectivity index (χ1v) is 2.30. The molecule has 0 unspecified atom stereocenters. The van der Waals surface area contributed by atoms with Gasteiger partial charge >= 0.3 is 0 Å². The molecular formula is C4H10N4. The molecular weight excluding hydrogens is 104 g/mol. The SMILES string of the molecule is CN.Cc1cn[nH]n1. The lowest BCUT2D eigenvalue weighted by atomic mass is 10.6. The summed E-state index contributed by atoms with van der Waals surface area (Å²) in [6.07, 6.45) is 1.67. The predicted molar refractivity (Wildman–Crippen MR) is 31.2 cm³/mol. The molecule has 1 heterocycles. The minimum atomic E-state index is 0.926. The molecule has 4 nitrogen and oxygen atoms in total. The van der Waals surface area contributed by atoms with Gasteiger partial charge in [0, 0.05) is 0 Å². The number of H-pyrrole nitrogens is 1. The molecule has 0 bridgehead atoms. The van der Waals surface area contributed by atoms with Crippen molar-refractivity contribution in [2.75, 3.05) is 7.05 Å². The smallest absolute Gasteiger partial charge is 0.0793 e. The second kappa shape index (κ2) is 4.26. The van der Waals surface area contributed by atoms with Crippen molar-refractivity contribution in [2.24, 2.45) is 5.73 Å². The topological polar surface area (TPSA) is 67.6 Å². The van der Waals surface area contributed by atoms with Gasteiger partial charge in [-0.2, -0.15) is 15.4 Å². The summed E-state index contributed by atoms with van der Waals surface area (Å²) in [4.78, 5) is 0. The van der Waals surface area contributed by atoms with E-state index in [-0.39, 0.29) is 0 Å². The van der Waals surface area contributed by atoms with Crippen molar-refractivity contribution >= 4 is 0 Å². The van der Waals surface area contributed by atoms with Crippen LogP contribution in [0.2, 0.25) is 0 Å². The average molecular weight is 114 g/mol. The number of aromatic nitrogens is 3. The van der Waals surface area contributed by atoms with Crippen LogP contribution in [0, 0.1) is 6.92 Å². The van der Waals surface area contributed by atoms with Crippen LogP contribution in [0.25, 0.3) is 0 Å². The highest BCUT2D eigenvalue weighted by atomic mass is 15.3. The number of hydrogen-bond acceptors (Lipinski definition) is 3. The van der Waals surface area contributed by atoms with Gasteiger partial charge in [-0.05, 0) is 14.0 Å². The lowest BCUT2D eigenvalue weighted by molar-refractivity contribution is 0.928. The number of nitrogens with two attached hydrogens (primary N) is 1. The van der Waals surface area contributed by atoms with Crippen molar-refractivity contribution in [1.29, 1.82) is 0 Å². The number of nitrogens with one attached hydrogen (secondary N) is 1. The Morgan fingerprint density at radius 2 is 2.25 bits per heavy atom. The van der Waals surface area contributed by atoms with Crippen LogP contribution in [-0.4, -0.2) is 22.5 Å². The normalized spacial score (nSPS) is 7.38. The molecule has 0 aliphatic heterocycles. The van der Waals surface area contributed by atoms with Crippen molar-refractivity contribution < 1.29 is 0 Å². The molecule has 0 amide bonds. The van der Waals surface area contributed by atoms with Crippen molar-refractivity contribution in [3.05, 3.63) is 11.9 Å². The van der Waals surface area contributed by atoms with Crippen LogP contribution in [0.3, 0.4) is 0 Å². The summed E-state index contributed by atoms with van der Waals surface area (Å²) in [7, 11) is 1.50. The van der Waals surface area contributed by atoms with Crippen LogP contribution in [0.5, 0.6) is 0 Å². The highest BCUT2D eigenvalue weighted by Crippen LogP contribution is 1.77. The lowest BCUT2D eigenvalue weighted by Gasteiger charge is -1.62. The molecule has 1 aromatic heterocycles. The van der Waals surface area contributed by atoms with Gasteiger partial charge < -0.3 is 5.73 Å². The molecule has 1 rings (SSSR count). The van der Waals surface area contributed by atoms with Crippen LogP contribution in [0.1, 0.15) is 5.69 Å². The Bertz CT molecular complexity index is 112. The highest BCUT2D eigenvalue weighted by molar-refractivity contribution is 4.82. The minimum absolute atomic E-state index is 0.926. The summed E-state index contributed by atoms with van der Waals surface area (Å²) in [6.45, 7) is 1.88. The van der Waals surface area contributed by atoms with E-state index in [1.807, 2.05) is 6.92 Å². The van der Waals surface area contributed by atoms with Gasteiger partial charge in [0.1, 0.15) is 0 Å². The molecule has 0 saturated carbocycles. The summed E-state index contributed by atoms with van der Waals surface area (Å²) in [5.74, 6) is 0. The van der Waals surface area contributed by atoms with E-state index in [1.54, 1.807) is 6.20 Å². The summed E-state index contributed by atoms with van der Waals surface area (Å²) in [5.41, 5.74) is 5.43. The van der Waals surface area contributed by atoms with Gasteiger partial charge in [-0.25, -0.2) is 0 Å². The third-order valence-corrected chi connectivity index (χ3v) is 0.535. The maximum absolute atomic E-state index is 4.50. The molecule has 0 saturated heterocycles. The molecule has 0 atom stereocenters. The van der Waals surface area contributed by atoms with Crippen LogP contribution in [0.4, 0.5) is 0 Å². The van der Waals surface area contributed by atoms with Crippen LogP contribution in [-0.2, 0) is 0 Å². The first-order valence-electron chi connectivity index (χ1n) is 2.30. The Kier molecular flexibility index (Phi) is 3.78. The van der Waals surface area contributed by atoms with Crippen LogP contribution < -0.4 is 5.73 Å². The van der Waals surface area contributed by atoms with Gasteiger partial charge in [-0.15, -0.1) is 0 Å². The summed E-state index contributed by atoms with van der Waals surface area (Å²) < 4.78 is 0. The zero-order valence-electron chi connectivity index (χ0n) is 5.05. The van der Waals surface area contributed by atoms with Crippen molar-refractivity contribution in [1.82, 2.24) is 15.4 Å². The molecule has 1 aromatic rings. The van der Waals surface area contributed by atoms with E-state index in [4.69, 9.17) is 0 Å². The first kappa shape index (κ1) is 7.10. The molecule has 4 heteroatoms. The second-order valence-corrected chi connectivity index (χ2v) is 1.11. The van der Waals surface area contributed by atoms with E-state index >= 15 is 0 Å². The molecule has 0 aliphatic carbocycles. The van der Waals surface area contributed by atoms with E-state index in [1.165, 1.54) is 7.05 Å². The van der Waals surface area contributed by atoms with Crippen LogP contribution >= 0.6 is 0 Å². The first-order chi connectivity index (χ1) is 3.89. The van der Waals surface area contributed by atoms with E-state index in [2.05, 4.69) is 21.1 Å². The molecule has 8 heavy (non-hydrogen) atoms. The van der Waals surface area contributed by atoms with Gasteiger partial charge in [0.25, 0.3) is 0 Å². The fourth-order valence-electron chi connectivity index (χ4n) is 0.259. The lowest BCUT2D eigenvalue weighted by Crippen LogP contribution is -1.69. The summed E-state index contributed by atoms with van der Waals surface area (Å²) in [5, 5.41) is 9.70.